The minimum atomic E-state index is -4.41. The summed E-state index contributed by atoms with van der Waals surface area (Å²) in [5.74, 6) is -2.87. The van der Waals surface area contributed by atoms with Crippen LogP contribution in [0, 0.1) is 18.6 Å². The van der Waals surface area contributed by atoms with E-state index in [1.165, 1.54) is 0 Å². The van der Waals surface area contributed by atoms with Gasteiger partial charge in [-0.1, -0.05) is 29.8 Å². The molecule has 0 atom stereocenters. The Hall–Kier alpha value is -2.58. The number of halogens is 2. The van der Waals surface area contributed by atoms with Crippen molar-refractivity contribution >= 4 is 27.1 Å². The molecule has 0 bridgehead atoms. The van der Waals surface area contributed by atoms with Crippen molar-refractivity contribution in [1.29, 1.82) is 0 Å². The van der Waals surface area contributed by atoms with Gasteiger partial charge in [0.2, 0.25) is 10.0 Å². The number of ether oxygens (including phenoxy) is 1. The van der Waals surface area contributed by atoms with Crippen molar-refractivity contribution in [2.24, 2.45) is 5.14 Å². The first-order valence-corrected chi connectivity index (χ1v) is 8.72. The SMILES string of the molecule is Cc1cccc(C2=C(c3cc(F)c(S(N)(=O)=O)cc3F)COC2=O)c1. The molecule has 0 aromatic heterocycles. The molecule has 0 aliphatic carbocycles. The van der Waals surface area contributed by atoms with E-state index in [9.17, 15) is 22.0 Å². The van der Waals surface area contributed by atoms with Crippen molar-refractivity contribution in [2.75, 3.05) is 6.61 Å². The number of benzene rings is 2. The Morgan fingerprint density at radius 3 is 2.48 bits per heavy atom. The van der Waals surface area contributed by atoms with Gasteiger partial charge in [0.1, 0.15) is 23.1 Å². The van der Waals surface area contributed by atoms with Crippen molar-refractivity contribution in [3.63, 3.8) is 0 Å². The van der Waals surface area contributed by atoms with Crippen LogP contribution in [0.15, 0.2) is 41.3 Å². The topological polar surface area (TPSA) is 86.5 Å². The molecule has 130 valence electrons. The number of cyclic esters (lactones) is 1. The van der Waals surface area contributed by atoms with Crippen molar-refractivity contribution in [1.82, 2.24) is 0 Å². The highest BCUT2D eigenvalue weighted by Gasteiger charge is 2.30. The molecule has 0 saturated carbocycles. The number of aryl methyl sites for hydroxylation is 1. The van der Waals surface area contributed by atoms with Crippen LogP contribution in [0.1, 0.15) is 16.7 Å². The molecule has 0 fully saturated rings. The second-order valence-corrected chi connectivity index (χ2v) is 7.14. The quantitative estimate of drug-likeness (QED) is 0.846. The summed E-state index contributed by atoms with van der Waals surface area (Å²) in [6, 6.07) is 8.13. The third kappa shape index (κ3) is 3.18. The Balaban J connectivity index is 2.23. The van der Waals surface area contributed by atoms with Crippen LogP contribution in [-0.4, -0.2) is 21.0 Å². The van der Waals surface area contributed by atoms with Crippen LogP contribution in [0.3, 0.4) is 0 Å². The lowest BCUT2D eigenvalue weighted by Gasteiger charge is -2.09. The summed E-state index contributed by atoms with van der Waals surface area (Å²) in [4.78, 5) is 11.1. The van der Waals surface area contributed by atoms with Gasteiger partial charge in [0, 0.05) is 11.1 Å². The van der Waals surface area contributed by atoms with Crippen LogP contribution in [0.5, 0.6) is 0 Å². The van der Waals surface area contributed by atoms with Gasteiger partial charge in [-0.05, 0) is 24.6 Å². The molecule has 0 saturated heterocycles. The molecule has 25 heavy (non-hydrogen) atoms. The maximum absolute atomic E-state index is 14.4. The number of primary sulfonamides is 1. The fourth-order valence-corrected chi connectivity index (χ4v) is 3.29. The van der Waals surface area contributed by atoms with E-state index >= 15 is 0 Å². The largest absolute Gasteiger partial charge is 0.457 e. The first-order valence-electron chi connectivity index (χ1n) is 7.18. The highest BCUT2D eigenvalue weighted by atomic mass is 32.2. The summed E-state index contributed by atoms with van der Waals surface area (Å²) in [5.41, 5.74) is 1.40. The van der Waals surface area contributed by atoms with Gasteiger partial charge in [-0.2, -0.15) is 0 Å². The summed E-state index contributed by atoms with van der Waals surface area (Å²) < 4.78 is 56.1. The van der Waals surface area contributed by atoms with Gasteiger partial charge < -0.3 is 4.74 Å². The number of sulfonamides is 1. The number of rotatable bonds is 3. The highest BCUT2D eigenvalue weighted by molar-refractivity contribution is 7.89. The Kier molecular flexibility index (Phi) is 4.18. The first-order chi connectivity index (χ1) is 11.7. The molecule has 2 aromatic carbocycles. The molecule has 0 radical (unpaired) electrons. The van der Waals surface area contributed by atoms with Gasteiger partial charge in [-0.25, -0.2) is 27.1 Å². The third-order valence-corrected chi connectivity index (χ3v) is 4.74. The lowest BCUT2D eigenvalue weighted by atomic mass is 9.95. The molecular weight excluding hydrogens is 352 g/mol. The van der Waals surface area contributed by atoms with E-state index in [2.05, 4.69) is 0 Å². The maximum Gasteiger partial charge on any atom is 0.339 e. The molecule has 0 unspecified atom stereocenters. The molecule has 5 nitrogen and oxygen atoms in total. The molecule has 0 amide bonds. The van der Waals surface area contributed by atoms with E-state index in [1.54, 1.807) is 18.2 Å². The van der Waals surface area contributed by atoms with Gasteiger partial charge in [-0.3, -0.25) is 0 Å². The van der Waals surface area contributed by atoms with Crippen LogP contribution in [0.25, 0.3) is 11.1 Å². The van der Waals surface area contributed by atoms with Crippen molar-refractivity contribution < 1.29 is 26.7 Å². The van der Waals surface area contributed by atoms with Gasteiger partial charge in [-0.15, -0.1) is 0 Å². The normalized spacial score (nSPS) is 14.8. The van der Waals surface area contributed by atoms with Gasteiger partial charge in [0.15, 0.2) is 0 Å². The average molecular weight is 365 g/mol. The minimum absolute atomic E-state index is 0.116. The summed E-state index contributed by atoms with van der Waals surface area (Å²) in [6.45, 7) is 1.58. The fourth-order valence-electron chi connectivity index (χ4n) is 2.69. The molecule has 2 N–H and O–H groups in total. The van der Waals surface area contributed by atoms with Crippen molar-refractivity contribution in [2.45, 2.75) is 11.8 Å². The maximum atomic E-state index is 14.4. The molecule has 1 aliphatic heterocycles. The third-order valence-electron chi connectivity index (χ3n) is 3.81. The summed E-state index contributed by atoms with van der Waals surface area (Å²) in [6.07, 6.45) is 0. The second-order valence-electron chi connectivity index (χ2n) is 5.61. The van der Waals surface area contributed by atoms with E-state index in [0.717, 1.165) is 5.56 Å². The smallest absolute Gasteiger partial charge is 0.339 e. The van der Waals surface area contributed by atoms with E-state index in [4.69, 9.17) is 9.88 Å². The van der Waals surface area contributed by atoms with Crippen LogP contribution in [0.2, 0.25) is 0 Å². The highest BCUT2D eigenvalue weighted by Crippen LogP contribution is 2.35. The van der Waals surface area contributed by atoms with Crippen LogP contribution >= 0.6 is 0 Å². The lowest BCUT2D eigenvalue weighted by molar-refractivity contribution is -0.133. The Morgan fingerprint density at radius 1 is 1.12 bits per heavy atom. The van der Waals surface area contributed by atoms with Crippen LogP contribution < -0.4 is 5.14 Å². The number of hydrogen-bond donors (Lipinski definition) is 1. The second kappa shape index (κ2) is 6.05. The fraction of sp³-hybridized carbons (Fsp3) is 0.118. The predicted octanol–water partition coefficient (Wildman–Crippen LogP) is 2.39. The number of esters is 1. The van der Waals surface area contributed by atoms with Crippen molar-refractivity contribution in [3.8, 4) is 0 Å². The van der Waals surface area contributed by atoms with E-state index in [-0.39, 0.29) is 23.3 Å². The monoisotopic (exact) mass is 365 g/mol. The zero-order valence-electron chi connectivity index (χ0n) is 13.0. The summed E-state index contributed by atoms with van der Waals surface area (Å²) in [7, 11) is -4.41. The first kappa shape index (κ1) is 17.2. The van der Waals surface area contributed by atoms with E-state index < -0.39 is 32.5 Å². The minimum Gasteiger partial charge on any atom is -0.457 e. The van der Waals surface area contributed by atoms with Gasteiger partial charge >= 0.3 is 5.97 Å². The van der Waals surface area contributed by atoms with Crippen molar-refractivity contribution in [3.05, 3.63) is 64.7 Å². The molecule has 0 spiro atoms. The number of hydrogen-bond acceptors (Lipinski definition) is 4. The molecular formula is C17H13F2NO4S. The van der Waals surface area contributed by atoms with E-state index in [0.29, 0.717) is 17.7 Å². The van der Waals surface area contributed by atoms with Crippen LogP contribution in [-0.2, 0) is 19.6 Å². The number of carbonyl (C=O) groups is 1. The number of nitrogens with two attached hydrogens (primary N) is 1. The predicted molar refractivity (Wildman–Crippen MR) is 86.7 cm³/mol. The van der Waals surface area contributed by atoms with Gasteiger partial charge in [0.05, 0.1) is 5.57 Å². The summed E-state index contributed by atoms with van der Waals surface area (Å²) >= 11 is 0. The Morgan fingerprint density at radius 2 is 1.84 bits per heavy atom. The zero-order chi connectivity index (χ0) is 18.4. The number of carbonyl (C=O) groups excluding carboxylic acids is 1. The standard InChI is InChI=1S/C17H13F2NO4S/c1-9-3-2-4-10(5-9)16-12(8-24-17(16)21)11-6-14(19)15(7-13(11)18)25(20,22)23/h2-7H,8H2,1H3,(H2,20,22,23). The molecule has 2 aromatic rings. The van der Waals surface area contributed by atoms with E-state index in [1.807, 2.05) is 13.0 Å². The molecule has 1 heterocycles. The summed E-state index contributed by atoms with van der Waals surface area (Å²) in [5, 5.41) is 4.86. The lowest BCUT2D eigenvalue weighted by Crippen LogP contribution is -2.15. The zero-order valence-corrected chi connectivity index (χ0v) is 13.9. The van der Waals surface area contributed by atoms with Gasteiger partial charge in [0.25, 0.3) is 0 Å². The molecule has 1 aliphatic rings. The van der Waals surface area contributed by atoms with Crippen LogP contribution in [0.4, 0.5) is 8.78 Å². The molecule has 3 rings (SSSR count). The Labute approximate surface area is 142 Å². The Bertz CT molecular complexity index is 1030. The average Bonchev–Trinajstić information content (AvgIpc) is 2.89. The molecule has 8 heteroatoms.